The maximum atomic E-state index is 2.66. The van der Waals surface area contributed by atoms with Gasteiger partial charge in [-0.15, -0.1) is 0 Å². The van der Waals surface area contributed by atoms with E-state index in [1.54, 1.807) is 0 Å². The van der Waals surface area contributed by atoms with Gasteiger partial charge in [0.1, 0.15) is 0 Å². The Balaban J connectivity index is 2.17. The summed E-state index contributed by atoms with van der Waals surface area (Å²) in [6.45, 7) is 5.17. The average Bonchev–Trinajstić information content (AvgIpc) is 2.22. The van der Waals surface area contributed by atoms with E-state index in [1.165, 1.54) is 38.8 Å². The Hall–Kier alpha value is -0.0400. The number of nitrogens with zero attached hydrogens (tertiary/aromatic N) is 1. The van der Waals surface area contributed by atoms with Gasteiger partial charge in [0.05, 0.1) is 0 Å². The zero-order chi connectivity index (χ0) is 6.32. The number of hydrogen-bond acceptors (Lipinski definition) is 1. The molecule has 2 fully saturated rings. The van der Waals surface area contributed by atoms with Crippen LogP contribution in [0.15, 0.2) is 0 Å². The molecular weight excluding hydrogens is 110 g/mol. The van der Waals surface area contributed by atoms with Crippen LogP contribution in [0.4, 0.5) is 0 Å². The molecule has 1 nitrogen and oxygen atoms in total. The maximum absolute atomic E-state index is 2.66. The molecule has 2 rings (SSSR count). The summed E-state index contributed by atoms with van der Waals surface area (Å²) in [6, 6.07) is 0. The van der Waals surface area contributed by atoms with Gasteiger partial charge in [-0.1, -0.05) is 0 Å². The van der Waals surface area contributed by atoms with Crippen LogP contribution in [0.25, 0.3) is 0 Å². The van der Waals surface area contributed by atoms with Crippen molar-refractivity contribution in [1.29, 1.82) is 0 Å². The van der Waals surface area contributed by atoms with Crippen LogP contribution in [0.2, 0.25) is 0 Å². The molecule has 0 spiro atoms. The van der Waals surface area contributed by atoms with E-state index in [4.69, 9.17) is 0 Å². The molecule has 0 atom stereocenters. The van der Waals surface area contributed by atoms with Crippen molar-refractivity contribution in [2.75, 3.05) is 13.1 Å². The first kappa shape index (κ1) is 5.72. The second-order valence-electron chi connectivity index (χ2n) is 3.69. The second-order valence-corrected chi connectivity index (χ2v) is 3.69. The Labute approximate surface area is 57.0 Å². The molecule has 0 N–H and O–H groups in total. The van der Waals surface area contributed by atoms with Gasteiger partial charge >= 0.3 is 0 Å². The molecule has 0 radical (unpaired) electrons. The molecule has 2 heterocycles. The van der Waals surface area contributed by atoms with Gasteiger partial charge in [0.25, 0.3) is 0 Å². The average molecular weight is 125 g/mol. The van der Waals surface area contributed by atoms with Gasteiger partial charge in [-0.25, -0.2) is 0 Å². The highest BCUT2D eigenvalue weighted by molar-refractivity contribution is 4.96. The van der Waals surface area contributed by atoms with Crippen LogP contribution in [0.5, 0.6) is 0 Å². The molecule has 0 aromatic carbocycles. The third-order valence-corrected chi connectivity index (χ3v) is 3.05. The van der Waals surface area contributed by atoms with Crippen LogP contribution in [0, 0.1) is 0 Å². The minimum Gasteiger partial charge on any atom is -0.298 e. The van der Waals surface area contributed by atoms with Gasteiger partial charge in [-0.2, -0.15) is 0 Å². The SMILES string of the molecule is CC12CCCN1CCC2. The molecule has 52 valence electrons. The fraction of sp³-hybridized carbons (Fsp3) is 1.00. The molecule has 0 unspecified atom stereocenters. The van der Waals surface area contributed by atoms with E-state index in [0.29, 0.717) is 5.54 Å². The largest absolute Gasteiger partial charge is 0.298 e. The van der Waals surface area contributed by atoms with Gasteiger partial charge in [0, 0.05) is 5.54 Å². The van der Waals surface area contributed by atoms with Crippen LogP contribution >= 0.6 is 0 Å². The predicted molar refractivity (Wildman–Crippen MR) is 38.4 cm³/mol. The number of fused-ring (bicyclic) bond motifs is 1. The lowest BCUT2D eigenvalue weighted by Crippen LogP contribution is -2.34. The van der Waals surface area contributed by atoms with E-state index in [0.717, 1.165) is 0 Å². The van der Waals surface area contributed by atoms with E-state index >= 15 is 0 Å². The molecule has 0 saturated carbocycles. The third-order valence-electron chi connectivity index (χ3n) is 3.05. The summed E-state index contributed by atoms with van der Waals surface area (Å²) in [4.78, 5) is 2.66. The zero-order valence-electron chi connectivity index (χ0n) is 6.19. The van der Waals surface area contributed by atoms with Gasteiger partial charge in [-0.05, 0) is 45.7 Å². The standard InChI is InChI=1S/C8H15N/c1-8-4-2-6-9(8)7-3-5-8/h2-7H2,1H3. The van der Waals surface area contributed by atoms with Crippen LogP contribution in [-0.2, 0) is 0 Å². The van der Waals surface area contributed by atoms with Gasteiger partial charge in [0.15, 0.2) is 0 Å². The first-order chi connectivity index (χ1) is 4.31. The first-order valence-corrected chi connectivity index (χ1v) is 4.06. The van der Waals surface area contributed by atoms with Crippen molar-refractivity contribution in [3.05, 3.63) is 0 Å². The topological polar surface area (TPSA) is 3.24 Å². The molecule has 1 heteroatoms. The number of hydrogen-bond donors (Lipinski definition) is 0. The Morgan fingerprint density at radius 3 is 2.11 bits per heavy atom. The number of rotatable bonds is 0. The fourth-order valence-corrected chi connectivity index (χ4v) is 2.39. The Kier molecular flexibility index (Phi) is 1.10. The van der Waals surface area contributed by atoms with Crippen molar-refractivity contribution in [1.82, 2.24) is 4.90 Å². The molecular formula is C8H15N. The van der Waals surface area contributed by atoms with Crippen molar-refractivity contribution < 1.29 is 0 Å². The van der Waals surface area contributed by atoms with Gasteiger partial charge in [0.2, 0.25) is 0 Å². The summed E-state index contributed by atoms with van der Waals surface area (Å²) in [6.07, 6.45) is 5.78. The minimum atomic E-state index is 0.639. The van der Waals surface area contributed by atoms with Crippen molar-refractivity contribution in [3.8, 4) is 0 Å². The molecule has 9 heavy (non-hydrogen) atoms. The Morgan fingerprint density at radius 2 is 1.67 bits per heavy atom. The summed E-state index contributed by atoms with van der Waals surface area (Å²) in [5.41, 5.74) is 0.639. The summed E-state index contributed by atoms with van der Waals surface area (Å²) >= 11 is 0. The maximum Gasteiger partial charge on any atom is 0.0182 e. The quantitative estimate of drug-likeness (QED) is 0.475. The van der Waals surface area contributed by atoms with Gasteiger partial charge in [-0.3, -0.25) is 4.90 Å². The third kappa shape index (κ3) is 0.710. The van der Waals surface area contributed by atoms with Crippen LogP contribution < -0.4 is 0 Å². The summed E-state index contributed by atoms with van der Waals surface area (Å²) < 4.78 is 0. The highest BCUT2D eigenvalue weighted by Gasteiger charge is 2.39. The predicted octanol–water partition coefficient (Wildman–Crippen LogP) is 1.63. The van der Waals surface area contributed by atoms with E-state index in [1.807, 2.05) is 0 Å². The van der Waals surface area contributed by atoms with Gasteiger partial charge < -0.3 is 0 Å². The highest BCUT2D eigenvalue weighted by atomic mass is 15.2. The fourth-order valence-electron chi connectivity index (χ4n) is 2.39. The molecule has 0 aliphatic carbocycles. The molecule has 0 aromatic rings. The lowest BCUT2D eigenvalue weighted by molar-refractivity contribution is 0.218. The lowest BCUT2D eigenvalue weighted by Gasteiger charge is -2.26. The smallest absolute Gasteiger partial charge is 0.0182 e. The summed E-state index contributed by atoms with van der Waals surface area (Å²) in [5, 5.41) is 0. The van der Waals surface area contributed by atoms with Crippen LogP contribution in [0.1, 0.15) is 32.6 Å². The molecule has 2 aliphatic rings. The first-order valence-electron chi connectivity index (χ1n) is 4.06. The van der Waals surface area contributed by atoms with Crippen molar-refractivity contribution in [2.24, 2.45) is 0 Å². The highest BCUT2D eigenvalue weighted by Crippen LogP contribution is 2.37. The Morgan fingerprint density at radius 1 is 1.11 bits per heavy atom. The molecule has 2 aliphatic heterocycles. The van der Waals surface area contributed by atoms with E-state index in [2.05, 4.69) is 11.8 Å². The summed E-state index contributed by atoms with van der Waals surface area (Å²) in [5.74, 6) is 0. The van der Waals surface area contributed by atoms with Crippen molar-refractivity contribution in [3.63, 3.8) is 0 Å². The second kappa shape index (κ2) is 1.72. The van der Waals surface area contributed by atoms with Crippen LogP contribution in [0.3, 0.4) is 0 Å². The monoisotopic (exact) mass is 125 g/mol. The molecule has 0 bridgehead atoms. The van der Waals surface area contributed by atoms with Crippen molar-refractivity contribution in [2.45, 2.75) is 38.1 Å². The Bertz CT molecular complexity index is 110. The van der Waals surface area contributed by atoms with E-state index in [9.17, 15) is 0 Å². The minimum absolute atomic E-state index is 0.639. The summed E-state index contributed by atoms with van der Waals surface area (Å²) in [7, 11) is 0. The van der Waals surface area contributed by atoms with E-state index in [-0.39, 0.29) is 0 Å². The van der Waals surface area contributed by atoms with E-state index < -0.39 is 0 Å². The molecule has 0 amide bonds. The molecule has 2 saturated heterocycles. The normalized spacial score (nSPS) is 33.0. The molecule has 0 aromatic heterocycles. The van der Waals surface area contributed by atoms with Crippen molar-refractivity contribution >= 4 is 0 Å². The zero-order valence-corrected chi connectivity index (χ0v) is 6.19. The lowest BCUT2D eigenvalue weighted by atomic mass is 9.97. The van der Waals surface area contributed by atoms with Crippen LogP contribution in [-0.4, -0.2) is 23.5 Å².